The van der Waals surface area contributed by atoms with Crippen molar-refractivity contribution in [3.05, 3.63) is 16.1 Å². The van der Waals surface area contributed by atoms with Gasteiger partial charge in [0.25, 0.3) is 0 Å². The highest BCUT2D eigenvalue weighted by Gasteiger charge is 2.26. The van der Waals surface area contributed by atoms with Crippen molar-refractivity contribution < 1.29 is 0 Å². The monoisotopic (exact) mass is 266 g/mol. The number of rotatable bonds is 3. The Kier molecular flexibility index (Phi) is 3.94. The number of hydrogen-bond acceptors (Lipinski definition) is 5. The molecule has 5 heteroatoms. The summed E-state index contributed by atoms with van der Waals surface area (Å²) in [6.07, 6.45) is 1.33. The van der Waals surface area contributed by atoms with Crippen LogP contribution >= 0.6 is 11.3 Å². The van der Waals surface area contributed by atoms with Gasteiger partial charge in [0, 0.05) is 49.8 Å². The number of piperazine rings is 1. The van der Waals surface area contributed by atoms with Gasteiger partial charge in [0.05, 0.1) is 6.54 Å². The lowest BCUT2D eigenvalue weighted by atomic mass is 10.2. The van der Waals surface area contributed by atoms with E-state index in [-0.39, 0.29) is 0 Å². The summed E-state index contributed by atoms with van der Waals surface area (Å²) in [5.41, 5.74) is 1.16. The third-order valence-corrected chi connectivity index (χ3v) is 4.93. The lowest BCUT2D eigenvalue weighted by Gasteiger charge is -2.37. The molecule has 3 heterocycles. The normalized spacial score (nSPS) is 26.8. The summed E-state index contributed by atoms with van der Waals surface area (Å²) in [6, 6.07) is 0.786. The molecule has 1 aromatic heterocycles. The van der Waals surface area contributed by atoms with Crippen LogP contribution in [0.15, 0.2) is 5.38 Å². The molecular formula is C13H22N4S. The molecule has 0 saturated carbocycles. The van der Waals surface area contributed by atoms with Crippen molar-refractivity contribution in [2.75, 3.05) is 39.3 Å². The minimum atomic E-state index is 0.786. The molecule has 0 aliphatic carbocycles. The fourth-order valence-electron chi connectivity index (χ4n) is 2.90. The van der Waals surface area contributed by atoms with Crippen molar-refractivity contribution in [1.82, 2.24) is 20.1 Å². The third-order valence-electron chi connectivity index (χ3n) is 3.98. The van der Waals surface area contributed by atoms with Gasteiger partial charge in [0.15, 0.2) is 0 Å². The Bertz CT molecular complexity index is 378. The maximum atomic E-state index is 4.55. The molecule has 4 nitrogen and oxygen atoms in total. The number of nitrogens with zero attached hydrogens (tertiary/aromatic N) is 3. The fraction of sp³-hybridized carbons (Fsp3) is 0.769. The zero-order valence-corrected chi connectivity index (χ0v) is 11.9. The summed E-state index contributed by atoms with van der Waals surface area (Å²) in [5.74, 6) is 0. The second-order valence-corrected chi connectivity index (χ2v) is 6.28. The molecule has 1 atom stereocenters. The lowest BCUT2D eigenvalue weighted by Crippen LogP contribution is -2.50. The zero-order valence-electron chi connectivity index (χ0n) is 11.1. The van der Waals surface area contributed by atoms with Gasteiger partial charge in [-0.1, -0.05) is 0 Å². The van der Waals surface area contributed by atoms with Crippen molar-refractivity contribution in [2.24, 2.45) is 0 Å². The Balaban J connectivity index is 1.47. The summed E-state index contributed by atoms with van der Waals surface area (Å²) < 4.78 is 0. The first kappa shape index (κ1) is 12.5. The van der Waals surface area contributed by atoms with E-state index in [4.69, 9.17) is 0 Å². The van der Waals surface area contributed by atoms with Crippen LogP contribution in [0.1, 0.15) is 17.1 Å². The third kappa shape index (κ3) is 2.91. The van der Waals surface area contributed by atoms with Gasteiger partial charge in [-0.15, -0.1) is 11.3 Å². The smallest absolute Gasteiger partial charge is 0.107 e. The topological polar surface area (TPSA) is 31.4 Å². The molecule has 2 aliphatic heterocycles. The molecule has 1 aromatic rings. The summed E-state index contributed by atoms with van der Waals surface area (Å²) in [6.45, 7) is 10.3. The van der Waals surface area contributed by atoms with E-state index in [1.54, 1.807) is 11.3 Å². The Labute approximate surface area is 113 Å². The van der Waals surface area contributed by atoms with Crippen molar-refractivity contribution >= 4 is 11.3 Å². The predicted molar refractivity (Wildman–Crippen MR) is 75.0 cm³/mol. The molecule has 0 radical (unpaired) electrons. The summed E-state index contributed by atoms with van der Waals surface area (Å²) in [4.78, 5) is 9.75. The van der Waals surface area contributed by atoms with Crippen LogP contribution < -0.4 is 5.32 Å². The largest absolute Gasteiger partial charge is 0.315 e. The van der Waals surface area contributed by atoms with Crippen molar-refractivity contribution in [1.29, 1.82) is 0 Å². The van der Waals surface area contributed by atoms with E-state index in [0.29, 0.717) is 0 Å². The van der Waals surface area contributed by atoms with E-state index in [9.17, 15) is 0 Å². The van der Waals surface area contributed by atoms with E-state index in [0.717, 1.165) is 18.3 Å². The van der Waals surface area contributed by atoms with Crippen molar-refractivity contribution in [3.8, 4) is 0 Å². The molecule has 2 saturated heterocycles. The first-order chi connectivity index (χ1) is 8.81. The first-order valence-electron chi connectivity index (χ1n) is 6.89. The van der Waals surface area contributed by atoms with Crippen LogP contribution in [0.5, 0.6) is 0 Å². The average Bonchev–Trinajstić information content (AvgIpc) is 3.02. The molecule has 0 amide bonds. The maximum absolute atomic E-state index is 4.55. The first-order valence-corrected chi connectivity index (χ1v) is 7.77. The Morgan fingerprint density at radius 3 is 2.83 bits per heavy atom. The number of aromatic nitrogens is 1. The number of aryl methyl sites for hydroxylation is 1. The van der Waals surface area contributed by atoms with Gasteiger partial charge >= 0.3 is 0 Å². The van der Waals surface area contributed by atoms with Crippen LogP contribution in [0.4, 0.5) is 0 Å². The molecule has 0 unspecified atom stereocenters. The molecule has 2 fully saturated rings. The van der Waals surface area contributed by atoms with Crippen molar-refractivity contribution in [2.45, 2.75) is 25.9 Å². The highest BCUT2D eigenvalue weighted by Crippen LogP contribution is 2.15. The minimum absolute atomic E-state index is 0.786. The van der Waals surface area contributed by atoms with Gasteiger partial charge in [0.2, 0.25) is 0 Å². The van der Waals surface area contributed by atoms with E-state index < -0.39 is 0 Å². The lowest BCUT2D eigenvalue weighted by molar-refractivity contribution is 0.0980. The fourth-order valence-corrected chi connectivity index (χ4v) is 3.72. The summed E-state index contributed by atoms with van der Waals surface area (Å²) in [5, 5.41) is 6.88. The van der Waals surface area contributed by atoms with Gasteiger partial charge in [-0.25, -0.2) is 4.98 Å². The molecule has 1 N–H and O–H groups in total. The highest BCUT2D eigenvalue weighted by molar-refractivity contribution is 7.09. The van der Waals surface area contributed by atoms with Crippen LogP contribution in [-0.4, -0.2) is 60.1 Å². The number of thiazole rings is 1. The van der Waals surface area contributed by atoms with E-state index >= 15 is 0 Å². The summed E-state index contributed by atoms with van der Waals surface area (Å²) in [7, 11) is 0. The molecular weight excluding hydrogens is 244 g/mol. The van der Waals surface area contributed by atoms with Crippen LogP contribution in [-0.2, 0) is 6.54 Å². The molecule has 0 bridgehead atoms. The standard InChI is InChI=1S/C13H22N4S/c1-11-10-18-13(15-11)9-16-4-6-17(7-5-16)12-2-3-14-8-12/h10,12,14H,2-9H2,1H3/t12-/m0/s1. The molecule has 100 valence electrons. The van der Waals surface area contributed by atoms with Crippen LogP contribution in [0.25, 0.3) is 0 Å². The van der Waals surface area contributed by atoms with Gasteiger partial charge < -0.3 is 5.32 Å². The highest BCUT2D eigenvalue weighted by atomic mass is 32.1. The molecule has 0 aromatic carbocycles. The molecule has 0 spiro atoms. The van der Waals surface area contributed by atoms with Gasteiger partial charge in [-0.3, -0.25) is 9.80 Å². The SMILES string of the molecule is Cc1csc(CN2CCN([C@H]3CCNC3)CC2)n1. The predicted octanol–water partition coefficient (Wildman–Crippen LogP) is 0.931. The Morgan fingerprint density at radius 1 is 1.39 bits per heavy atom. The van der Waals surface area contributed by atoms with Gasteiger partial charge in [-0.2, -0.15) is 0 Å². The van der Waals surface area contributed by atoms with Crippen LogP contribution in [0, 0.1) is 6.92 Å². The van der Waals surface area contributed by atoms with Crippen LogP contribution in [0.3, 0.4) is 0 Å². The molecule has 3 rings (SSSR count). The van der Waals surface area contributed by atoms with Crippen molar-refractivity contribution in [3.63, 3.8) is 0 Å². The second kappa shape index (κ2) is 5.65. The molecule has 2 aliphatic rings. The second-order valence-electron chi connectivity index (χ2n) is 5.34. The maximum Gasteiger partial charge on any atom is 0.107 e. The zero-order chi connectivity index (χ0) is 12.4. The summed E-state index contributed by atoms with van der Waals surface area (Å²) >= 11 is 1.79. The van der Waals surface area contributed by atoms with E-state index in [1.807, 2.05) is 0 Å². The van der Waals surface area contributed by atoms with E-state index in [1.165, 1.54) is 50.7 Å². The quantitative estimate of drug-likeness (QED) is 0.882. The van der Waals surface area contributed by atoms with Gasteiger partial charge in [-0.05, 0) is 19.9 Å². The molecule has 18 heavy (non-hydrogen) atoms. The average molecular weight is 266 g/mol. The number of hydrogen-bond donors (Lipinski definition) is 1. The van der Waals surface area contributed by atoms with Gasteiger partial charge in [0.1, 0.15) is 5.01 Å². The number of nitrogens with one attached hydrogen (secondary N) is 1. The van der Waals surface area contributed by atoms with E-state index in [2.05, 4.69) is 32.4 Å². The minimum Gasteiger partial charge on any atom is -0.315 e. The Hall–Kier alpha value is -0.490. The van der Waals surface area contributed by atoms with Crippen LogP contribution in [0.2, 0.25) is 0 Å². The Morgan fingerprint density at radius 2 is 2.22 bits per heavy atom.